The first-order valence-corrected chi connectivity index (χ1v) is 8.09. The van der Waals surface area contributed by atoms with Crippen LogP contribution in [-0.4, -0.2) is 31.4 Å². The van der Waals surface area contributed by atoms with E-state index < -0.39 is 5.97 Å². The number of aliphatic carboxylic acids is 1. The molecule has 1 saturated carbocycles. The van der Waals surface area contributed by atoms with Crippen molar-refractivity contribution in [1.29, 1.82) is 0 Å². The van der Waals surface area contributed by atoms with Gasteiger partial charge in [0.25, 0.3) is 0 Å². The number of fused-ring (bicyclic) bond motifs is 1. The highest BCUT2D eigenvalue weighted by Crippen LogP contribution is 2.46. The van der Waals surface area contributed by atoms with Crippen molar-refractivity contribution in [3.05, 3.63) is 17.8 Å². The van der Waals surface area contributed by atoms with Crippen LogP contribution in [0.2, 0.25) is 0 Å². The molecule has 2 aromatic heterocycles. The maximum atomic E-state index is 10.9. The molecule has 2 aromatic rings. The molecule has 0 amide bonds. The summed E-state index contributed by atoms with van der Waals surface area (Å²) >= 11 is 1.27. The van der Waals surface area contributed by atoms with Gasteiger partial charge >= 0.3 is 5.97 Å². The van der Waals surface area contributed by atoms with Crippen molar-refractivity contribution >= 4 is 28.9 Å². The number of hydrogen-bond donors (Lipinski definition) is 1. The Morgan fingerprint density at radius 2 is 2.24 bits per heavy atom. The quantitative estimate of drug-likeness (QED) is 0.860. The van der Waals surface area contributed by atoms with Gasteiger partial charge < -0.3 is 5.11 Å². The van der Waals surface area contributed by atoms with Crippen molar-refractivity contribution in [2.45, 2.75) is 44.3 Å². The van der Waals surface area contributed by atoms with Gasteiger partial charge in [0, 0.05) is 11.7 Å². The maximum absolute atomic E-state index is 10.9. The van der Waals surface area contributed by atoms with Crippen molar-refractivity contribution in [3.8, 4) is 0 Å². The molecule has 21 heavy (non-hydrogen) atoms. The average molecular weight is 305 g/mol. The lowest BCUT2D eigenvalue weighted by molar-refractivity contribution is -0.133. The second-order valence-electron chi connectivity index (χ2n) is 6.14. The summed E-state index contributed by atoms with van der Waals surface area (Å²) < 4.78 is 2.14. The number of pyridine rings is 1. The highest BCUT2D eigenvalue weighted by Gasteiger charge is 2.41. The van der Waals surface area contributed by atoms with Crippen LogP contribution in [0.5, 0.6) is 0 Å². The maximum Gasteiger partial charge on any atom is 0.313 e. The van der Waals surface area contributed by atoms with E-state index in [1.54, 1.807) is 6.20 Å². The van der Waals surface area contributed by atoms with Crippen molar-refractivity contribution in [1.82, 2.24) is 14.5 Å². The van der Waals surface area contributed by atoms with Gasteiger partial charge in [0.05, 0.1) is 5.75 Å². The van der Waals surface area contributed by atoms with Gasteiger partial charge in [-0.2, -0.15) is 0 Å². The van der Waals surface area contributed by atoms with Crippen molar-refractivity contribution < 1.29 is 9.90 Å². The summed E-state index contributed by atoms with van der Waals surface area (Å²) in [5.74, 6) is -0.197. The Bertz CT molecular complexity index is 704. The molecule has 0 radical (unpaired) electrons. The minimum absolute atomic E-state index is 0.0170. The molecule has 1 aliphatic rings. The van der Waals surface area contributed by atoms with E-state index in [4.69, 9.17) is 5.11 Å². The molecule has 0 aromatic carbocycles. The monoisotopic (exact) mass is 305 g/mol. The molecule has 0 spiro atoms. The number of carboxylic acid groups (broad SMARTS) is 1. The Balaban J connectivity index is 2.15. The smallest absolute Gasteiger partial charge is 0.313 e. The van der Waals surface area contributed by atoms with E-state index >= 15 is 0 Å². The van der Waals surface area contributed by atoms with Crippen LogP contribution in [-0.2, 0) is 10.3 Å². The number of carbonyl (C=O) groups is 1. The van der Waals surface area contributed by atoms with Crippen molar-refractivity contribution in [2.75, 3.05) is 5.75 Å². The van der Waals surface area contributed by atoms with Crippen LogP contribution in [0.25, 0.3) is 11.2 Å². The summed E-state index contributed by atoms with van der Waals surface area (Å²) in [6.07, 6.45) is 4.22. The van der Waals surface area contributed by atoms with Crippen LogP contribution >= 0.6 is 11.8 Å². The fourth-order valence-electron chi connectivity index (χ4n) is 2.79. The molecule has 1 fully saturated rings. The number of nitrogens with zero attached hydrogens (tertiary/aromatic N) is 3. The highest BCUT2D eigenvalue weighted by atomic mass is 32.2. The van der Waals surface area contributed by atoms with E-state index in [2.05, 4.69) is 28.4 Å². The number of aromatic nitrogens is 3. The first kappa shape index (κ1) is 14.4. The third kappa shape index (κ3) is 2.52. The lowest BCUT2D eigenvalue weighted by Gasteiger charge is -2.28. The summed E-state index contributed by atoms with van der Waals surface area (Å²) in [5.41, 5.74) is 2.72. The summed E-state index contributed by atoms with van der Waals surface area (Å²) in [6, 6.07) is 1.94. The zero-order valence-corrected chi connectivity index (χ0v) is 13.3. The highest BCUT2D eigenvalue weighted by molar-refractivity contribution is 7.99. The summed E-state index contributed by atoms with van der Waals surface area (Å²) in [4.78, 5) is 20.1. The predicted octanol–water partition coefficient (Wildman–Crippen LogP) is 3.06. The Kier molecular flexibility index (Phi) is 3.43. The Labute approximate surface area is 127 Å². The molecule has 0 atom stereocenters. The molecule has 6 heteroatoms. The van der Waals surface area contributed by atoms with Crippen molar-refractivity contribution in [3.63, 3.8) is 0 Å². The third-order valence-corrected chi connectivity index (χ3v) is 5.12. The molecule has 1 N–H and O–H groups in total. The lowest BCUT2D eigenvalue weighted by Crippen LogP contribution is -2.29. The third-order valence-electron chi connectivity index (χ3n) is 4.19. The summed E-state index contributed by atoms with van der Waals surface area (Å²) in [6.45, 7) is 6.40. The Hall–Kier alpha value is -1.56. The van der Waals surface area contributed by atoms with Crippen LogP contribution in [0, 0.1) is 12.8 Å². The Morgan fingerprint density at radius 3 is 2.86 bits per heavy atom. The molecule has 1 aliphatic carbocycles. The molecular weight excluding hydrogens is 286 g/mol. The second kappa shape index (κ2) is 5.02. The van der Waals surface area contributed by atoms with E-state index in [-0.39, 0.29) is 11.3 Å². The molecule has 0 saturated heterocycles. The number of carboxylic acids is 1. The number of rotatable bonds is 5. The standard InChI is InChI=1S/C15H19N3O2S/c1-9-6-7-16-13-12(9)17-14(21-8-11(19)20)18(13)15(2,3)10-4-5-10/h6-7,10H,4-5,8H2,1-3H3,(H,19,20). The molecular formula is C15H19N3O2S. The average Bonchev–Trinajstić information content (AvgIpc) is 3.18. The molecule has 0 bridgehead atoms. The molecule has 3 rings (SSSR count). The molecule has 2 heterocycles. The van der Waals surface area contributed by atoms with Gasteiger partial charge in [0.2, 0.25) is 0 Å². The molecule has 5 nitrogen and oxygen atoms in total. The van der Waals surface area contributed by atoms with Crippen LogP contribution in [0.1, 0.15) is 32.3 Å². The zero-order valence-electron chi connectivity index (χ0n) is 12.5. The van der Waals surface area contributed by atoms with E-state index in [1.807, 2.05) is 13.0 Å². The fraction of sp³-hybridized carbons (Fsp3) is 0.533. The minimum atomic E-state index is -0.826. The molecule has 0 unspecified atom stereocenters. The summed E-state index contributed by atoms with van der Waals surface area (Å²) in [7, 11) is 0. The molecule has 112 valence electrons. The van der Waals surface area contributed by atoms with Crippen LogP contribution in [0.3, 0.4) is 0 Å². The molecule has 0 aliphatic heterocycles. The van der Waals surface area contributed by atoms with Gasteiger partial charge in [0.15, 0.2) is 10.8 Å². The number of thioether (sulfide) groups is 1. The Morgan fingerprint density at radius 1 is 1.52 bits per heavy atom. The lowest BCUT2D eigenvalue weighted by atomic mass is 9.98. The van der Waals surface area contributed by atoms with Gasteiger partial charge in [0.1, 0.15) is 5.52 Å². The SMILES string of the molecule is Cc1ccnc2c1nc(SCC(=O)O)n2C(C)(C)C1CC1. The summed E-state index contributed by atoms with van der Waals surface area (Å²) in [5, 5.41) is 9.70. The number of hydrogen-bond acceptors (Lipinski definition) is 4. The first-order valence-electron chi connectivity index (χ1n) is 7.10. The van der Waals surface area contributed by atoms with Crippen molar-refractivity contribution in [2.24, 2.45) is 5.92 Å². The van der Waals surface area contributed by atoms with Gasteiger partial charge in [-0.3, -0.25) is 9.36 Å². The van der Waals surface area contributed by atoms with E-state index in [1.165, 1.54) is 24.6 Å². The number of aryl methyl sites for hydroxylation is 1. The minimum Gasteiger partial charge on any atom is -0.481 e. The van der Waals surface area contributed by atoms with E-state index in [9.17, 15) is 4.79 Å². The van der Waals surface area contributed by atoms with Gasteiger partial charge in [-0.05, 0) is 51.2 Å². The van der Waals surface area contributed by atoms with Gasteiger partial charge in [-0.1, -0.05) is 11.8 Å². The fourth-order valence-corrected chi connectivity index (χ4v) is 3.65. The predicted molar refractivity (Wildman–Crippen MR) is 82.7 cm³/mol. The van der Waals surface area contributed by atoms with Crippen LogP contribution in [0.15, 0.2) is 17.4 Å². The van der Waals surface area contributed by atoms with E-state index in [0.29, 0.717) is 5.92 Å². The largest absolute Gasteiger partial charge is 0.481 e. The van der Waals surface area contributed by atoms with E-state index in [0.717, 1.165) is 21.9 Å². The van der Waals surface area contributed by atoms with Gasteiger partial charge in [-0.15, -0.1) is 0 Å². The number of imidazole rings is 1. The van der Waals surface area contributed by atoms with Crippen LogP contribution in [0.4, 0.5) is 0 Å². The first-order chi connectivity index (χ1) is 9.91. The normalized spacial score (nSPS) is 15.6. The zero-order chi connectivity index (χ0) is 15.2. The topological polar surface area (TPSA) is 68.0 Å². The second-order valence-corrected chi connectivity index (χ2v) is 7.08. The van der Waals surface area contributed by atoms with Gasteiger partial charge in [-0.25, -0.2) is 9.97 Å². The van der Waals surface area contributed by atoms with Crippen LogP contribution < -0.4 is 0 Å².